The number of para-hydroxylation sites is 1. The lowest BCUT2D eigenvalue weighted by atomic mass is 10.2. The van der Waals surface area contributed by atoms with Gasteiger partial charge in [-0.1, -0.05) is 24.0 Å². The molecule has 2 aromatic rings. The highest BCUT2D eigenvalue weighted by atomic mass is 16.2. The van der Waals surface area contributed by atoms with E-state index in [2.05, 4.69) is 22.3 Å². The maximum Gasteiger partial charge on any atom is 0.273 e. The predicted molar refractivity (Wildman–Crippen MR) is 71.6 cm³/mol. The highest BCUT2D eigenvalue weighted by Crippen LogP contribution is 2.14. The molecule has 1 amide bonds. The number of hydrogen-bond donors (Lipinski definition) is 2. The van der Waals surface area contributed by atoms with Crippen molar-refractivity contribution in [1.82, 2.24) is 9.78 Å². The summed E-state index contributed by atoms with van der Waals surface area (Å²) < 4.78 is 1.50. The van der Waals surface area contributed by atoms with Gasteiger partial charge >= 0.3 is 0 Å². The highest BCUT2D eigenvalue weighted by molar-refractivity contribution is 6.03. The van der Waals surface area contributed by atoms with Crippen molar-refractivity contribution in [3.05, 3.63) is 47.8 Å². The van der Waals surface area contributed by atoms with Gasteiger partial charge in [0.05, 0.1) is 5.69 Å². The molecule has 2 N–H and O–H groups in total. The first-order valence-corrected chi connectivity index (χ1v) is 5.70. The SMILES string of the molecule is Cn1nccc1C(=O)Nc1ccccc1C#CCO. The van der Waals surface area contributed by atoms with Crippen molar-refractivity contribution in [2.24, 2.45) is 7.05 Å². The van der Waals surface area contributed by atoms with Crippen LogP contribution in [-0.2, 0) is 7.05 Å². The maximum atomic E-state index is 12.1. The van der Waals surface area contributed by atoms with Crippen molar-refractivity contribution in [2.45, 2.75) is 0 Å². The minimum Gasteiger partial charge on any atom is -0.384 e. The molecule has 5 nitrogen and oxygen atoms in total. The lowest BCUT2D eigenvalue weighted by molar-refractivity contribution is 0.101. The summed E-state index contributed by atoms with van der Waals surface area (Å²) in [6.07, 6.45) is 1.56. The van der Waals surface area contributed by atoms with Crippen LogP contribution in [0.4, 0.5) is 5.69 Å². The normalized spacial score (nSPS) is 9.58. The summed E-state index contributed by atoms with van der Waals surface area (Å²) in [6.45, 7) is -0.218. The number of aromatic nitrogens is 2. The molecule has 2 rings (SSSR count). The molecule has 0 radical (unpaired) electrons. The number of nitrogens with zero attached hydrogens (tertiary/aromatic N) is 2. The van der Waals surface area contributed by atoms with Crippen molar-refractivity contribution in [2.75, 3.05) is 11.9 Å². The average molecular weight is 255 g/mol. The number of hydrogen-bond acceptors (Lipinski definition) is 3. The fraction of sp³-hybridized carbons (Fsp3) is 0.143. The predicted octanol–water partition coefficient (Wildman–Crippen LogP) is 1.02. The molecule has 0 fully saturated rings. The zero-order chi connectivity index (χ0) is 13.7. The molecule has 0 aliphatic heterocycles. The van der Waals surface area contributed by atoms with Crippen LogP contribution < -0.4 is 5.32 Å². The molecule has 96 valence electrons. The molecule has 0 saturated carbocycles. The van der Waals surface area contributed by atoms with Crippen molar-refractivity contribution in [1.29, 1.82) is 0 Å². The smallest absolute Gasteiger partial charge is 0.273 e. The van der Waals surface area contributed by atoms with Crippen LogP contribution in [0.25, 0.3) is 0 Å². The first-order chi connectivity index (χ1) is 9.22. The third kappa shape index (κ3) is 3.00. The quantitative estimate of drug-likeness (QED) is 0.787. The Hall–Kier alpha value is -2.58. The Morgan fingerprint density at radius 2 is 2.21 bits per heavy atom. The molecule has 0 spiro atoms. The number of rotatable bonds is 2. The van der Waals surface area contributed by atoms with E-state index in [9.17, 15) is 4.79 Å². The highest BCUT2D eigenvalue weighted by Gasteiger charge is 2.11. The summed E-state index contributed by atoms with van der Waals surface area (Å²) in [7, 11) is 1.70. The van der Waals surface area contributed by atoms with Gasteiger partial charge in [0, 0.05) is 18.8 Å². The number of aryl methyl sites for hydroxylation is 1. The Bertz CT molecular complexity index is 650. The van der Waals surface area contributed by atoms with Gasteiger partial charge in [0.1, 0.15) is 12.3 Å². The van der Waals surface area contributed by atoms with E-state index in [1.807, 2.05) is 12.1 Å². The summed E-state index contributed by atoms with van der Waals surface area (Å²) >= 11 is 0. The van der Waals surface area contributed by atoms with Crippen molar-refractivity contribution in [3.8, 4) is 11.8 Å². The van der Waals surface area contributed by atoms with Gasteiger partial charge in [-0.2, -0.15) is 5.10 Å². The van der Waals surface area contributed by atoms with E-state index < -0.39 is 0 Å². The van der Waals surface area contributed by atoms with Crippen molar-refractivity contribution in [3.63, 3.8) is 0 Å². The van der Waals surface area contributed by atoms with Crippen LogP contribution in [0, 0.1) is 11.8 Å². The van der Waals surface area contributed by atoms with Crippen LogP contribution >= 0.6 is 0 Å². The molecule has 5 heteroatoms. The monoisotopic (exact) mass is 255 g/mol. The van der Waals surface area contributed by atoms with E-state index in [4.69, 9.17) is 5.11 Å². The first kappa shape index (κ1) is 12.9. The van der Waals surface area contributed by atoms with Gasteiger partial charge in [-0.05, 0) is 18.2 Å². The summed E-state index contributed by atoms with van der Waals surface area (Å²) in [4.78, 5) is 12.1. The number of carbonyl (C=O) groups excluding carboxylic acids is 1. The molecule has 1 aromatic heterocycles. The Labute approximate surface area is 110 Å². The zero-order valence-corrected chi connectivity index (χ0v) is 10.4. The van der Waals surface area contributed by atoms with E-state index in [1.165, 1.54) is 4.68 Å². The third-order valence-electron chi connectivity index (χ3n) is 2.53. The molecule has 0 aliphatic rings. The van der Waals surface area contributed by atoms with E-state index in [-0.39, 0.29) is 12.5 Å². The summed E-state index contributed by atoms with van der Waals surface area (Å²) in [5.41, 5.74) is 1.73. The number of aliphatic hydroxyl groups excluding tert-OH is 1. The lowest BCUT2D eigenvalue weighted by Gasteiger charge is -2.07. The minimum atomic E-state index is -0.252. The molecule has 1 aromatic carbocycles. The van der Waals surface area contributed by atoms with E-state index >= 15 is 0 Å². The summed E-state index contributed by atoms with van der Waals surface area (Å²) in [5.74, 6) is 5.10. The number of aliphatic hydroxyl groups is 1. The zero-order valence-electron chi connectivity index (χ0n) is 10.4. The molecular weight excluding hydrogens is 242 g/mol. The Kier molecular flexibility index (Phi) is 3.96. The van der Waals surface area contributed by atoms with Gasteiger partial charge in [-0.25, -0.2) is 0 Å². The molecule has 1 heterocycles. The van der Waals surface area contributed by atoms with Gasteiger partial charge in [0.15, 0.2) is 0 Å². The molecule has 19 heavy (non-hydrogen) atoms. The largest absolute Gasteiger partial charge is 0.384 e. The molecule has 0 atom stereocenters. The van der Waals surface area contributed by atoms with Crippen LogP contribution in [0.15, 0.2) is 36.5 Å². The van der Waals surface area contributed by atoms with Crippen LogP contribution in [0.2, 0.25) is 0 Å². The second-order valence-corrected chi connectivity index (χ2v) is 3.80. The van der Waals surface area contributed by atoms with E-state index in [0.717, 1.165) is 0 Å². The fourth-order valence-corrected chi connectivity index (χ4v) is 1.62. The topological polar surface area (TPSA) is 67.2 Å². The van der Waals surface area contributed by atoms with Crippen molar-refractivity contribution >= 4 is 11.6 Å². The lowest BCUT2D eigenvalue weighted by Crippen LogP contribution is -2.16. The summed E-state index contributed by atoms with van der Waals surface area (Å²) in [5, 5.41) is 15.4. The Morgan fingerprint density at radius 1 is 1.42 bits per heavy atom. The number of benzene rings is 1. The standard InChI is InChI=1S/C14H13N3O2/c1-17-13(8-9-15-17)14(19)16-12-7-3-2-5-11(12)6-4-10-18/h2-3,5,7-9,18H,10H2,1H3,(H,16,19). The van der Waals surface area contributed by atoms with Gasteiger partial charge in [0.2, 0.25) is 0 Å². The molecule has 0 aliphatic carbocycles. The first-order valence-electron chi connectivity index (χ1n) is 5.70. The third-order valence-corrected chi connectivity index (χ3v) is 2.53. The number of anilines is 1. The van der Waals surface area contributed by atoms with Crippen LogP contribution in [0.1, 0.15) is 16.1 Å². The number of carbonyl (C=O) groups is 1. The molecule has 0 unspecified atom stereocenters. The van der Waals surface area contributed by atoms with Crippen LogP contribution in [-0.4, -0.2) is 27.4 Å². The van der Waals surface area contributed by atoms with Gasteiger partial charge in [-0.15, -0.1) is 0 Å². The van der Waals surface area contributed by atoms with Gasteiger partial charge < -0.3 is 10.4 Å². The summed E-state index contributed by atoms with van der Waals surface area (Å²) in [6, 6.07) is 8.80. The van der Waals surface area contributed by atoms with E-state index in [1.54, 1.807) is 31.4 Å². The number of nitrogens with one attached hydrogen (secondary N) is 1. The Balaban J connectivity index is 2.24. The molecular formula is C14H13N3O2. The van der Waals surface area contributed by atoms with Crippen molar-refractivity contribution < 1.29 is 9.90 Å². The Morgan fingerprint density at radius 3 is 2.89 bits per heavy atom. The fourth-order valence-electron chi connectivity index (χ4n) is 1.62. The second-order valence-electron chi connectivity index (χ2n) is 3.80. The second kappa shape index (κ2) is 5.85. The van der Waals surface area contributed by atoms with Gasteiger partial charge in [-0.3, -0.25) is 9.48 Å². The molecule has 0 saturated heterocycles. The number of amides is 1. The minimum absolute atomic E-state index is 0.218. The molecule has 0 bridgehead atoms. The maximum absolute atomic E-state index is 12.1. The van der Waals surface area contributed by atoms with Crippen LogP contribution in [0.3, 0.4) is 0 Å². The van der Waals surface area contributed by atoms with E-state index in [0.29, 0.717) is 16.9 Å². The van der Waals surface area contributed by atoms with Crippen LogP contribution in [0.5, 0.6) is 0 Å². The van der Waals surface area contributed by atoms with Gasteiger partial charge in [0.25, 0.3) is 5.91 Å². The average Bonchev–Trinajstić information content (AvgIpc) is 2.84.